The number of halogens is 3. The van der Waals surface area contributed by atoms with E-state index in [9.17, 15) is 5.11 Å². The summed E-state index contributed by atoms with van der Waals surface area (Å²) in [5.41, 5.74) is 2.00. The molecule has 0 aromatic heterocycles. The Balaban J connectivity index is 0.00000242. The van der Waals surface area contributed by atoms with E-state index in [2.05, 4.69) is 32.7 Å². The second-order valence-electron chi connectivity index (χ2n) is 5.51. The maximum Gasteiger partial charge on any atom is 0.162 e. The Bertz CT molecular complexity index is 523. The molecule has 0 amide bonds. The second kappa shape index (κ2) is 10.4. The van der Waals surface area contributed by atoms with Gasteiger partial charge in [-0.05, 0) is 25.5 Å². The molecule has 2 N–H and O–H groups in total. The van der Waals surface area contributed by atoms with Crippen molar-refractivity contribution in [3.63, 3.8) is 0 Å². The monoisotopic (exact) mass is 426 g/mol. The van der Waals surface area contributed by atoms with Gasteiger partial charge in [0.05, 0.1) is 7.11 Å². The fourth-order valence-corrected chi connectivity index (χ4v) is 3.22. The Labute approximate surface area is 159 Å². The molecule has 0 bridgehead atoms. The fourth-order valence-electron chi connectivity index (χ4n) is 2.76. The summed E-state index contributed by atoms with van der Waals surface area (Å²) >= 11 is 3.50. The molecule has 1 aliphatic heterocycles. The third kappa shape index (κ3) is 5.84. The lowest BCUT2D eigenvalue weighted by Gasteiger charge is -2.36. The van der Waals surface area contributed by atoms with Crippen LogP contribution in [0.25, 0.3) is 0 Å². The molecule has 1 aromatic carbocycles. The maximum absolute atomic E-state index is 10.5. The molecule has 0 aliphatic carbocycles. The highest BCUT2D eigenvalue weighted by Crippen LogP contribution is 2.41. The van der Waals surface area contributed by atoms with Crippen molar-refractivity contribution < 1.29 is 9.84 Å². The Morgan fingerprint density at radius 2 is 2.00 bits per heavy atom. The Morgan fingerprint density at radius 3 is 2.52 bits per heavy atom. The number of hydrogen-bond acceptors (Lipinski definition) is 4. The minimum Gasteiger partial charge on any atom is -0.504 e. The highest BCUT2D eigenvalue weighted by atomic mass is 79.9. The van der Waals surface area contributed by atoms with Gasteiger partial charge in [-0.15, -0.1) is 31.4 Å². The molecule has 1 aromatic rings. The van der Waals surface area contributed by atoms with Gasteiger partial charge < -0.3 is 15.2 Å². The van der Waals surface area contributed by atoms with Crippen molar-refractivity contribution in [3.8, 4) is 11.5 Å². The maximum atomic E-state index is 10.5. The average Bonchev–Trinajstić information content (AvgIpc) is 2.47. The summed E-state index contributed by atoms with van der Waals surface area (Å²) in [6.07, 6.45) is 0.827. The van der Waals surface area contributed by atoms with Crippen LogP contribution in [0.15, 0.2) is 28.8 Å². The van der Waals surface area contributed by atoms with Crippen LogP contribution in [-0.4, -0.2) is 43.3 Å². The van der Waals surface area contributed by atoms with Gasteiger partial charge in [0.2, 0.25) is 0 Å². The first-order chi connectivity index (χ1) is 10.0. The van der Waals surface area contributed by atoms with E-state index in [0.717, 1.165) is 48.2 Å². The van der Waals surface area contributed by atoms with E-state index in [1.54, 1.807) is 13.2 Å². The van der Waals surface area contributed by atoms with Gasteiger partial charge in [0.15, 0.2) is 11.5 Å². The van der Waals surface area contributed by atoms with Crippen LogP contribution >= 0.6 is 40.7 Å². The zero-order chi connectivity index (χ0) is 15.4. The molecular weight excluding hydrogens is 403 g/mol. The van der Waals surface area contributed by atoms with E-state index in [4.69, 9.17) is 4.74 Å². The van der Waals surface area contributed by atoms with Crippen molar-refractivity contribution in [2.24, 2.45) is 0 Å². The number of phenols is 1. The molecular formula is C16H25BrCl2N2O2. The molecule has 132 valence electrons. The van der Waals surface area contributed by atoms with E-state index in [-0.39, 0.29) is 36.6 Å². The normalized spacial score (nSPS) is 16.0. The first-order valence-electron chi connectivity index (χ1n) is 7.18. The summed E-state index contributed by atoms with van der Waals surface area (Å²) in [6.45, 7) is 9.94. The highest BCUT2D eigenvalue weighted by molar-refractivity contribution is 9.10. The third-order valence-electron chi connectivity index (χ3n) is 3.78. The fraction of sp³-hybridized carbons (Fsp3) is 0.500. The number of ether oxygens (including phenoxy) is 1. The van der Waals surface area contributed by atoms with Gasteiger partial charge in [0.1, 0.15) is 0 Å². The number of hydrogen-bond donors (Lipinski definition) is 2. The van der Waals surface area contributed by atoms with Gasteiger partial charge in [-0.3, -0.25) is 4.90 Å². The smallest absolute Gasteiger partial charge is 0.162 e. The molecule has 1 heterocycles. The van der Waals surface area contributed by atoms with Crippen molar-refractivity contribution in [1.29, 1.82) is 0 Å². The Morgan fingerprint density at radius 1 is 1.39 bits per heavy atom. The number of nitrogens with one attached hydrogen (secondary N) is 1. The number of methoxy groups -OCH3 is 1. The van der Waals surface area contributed by atoms with Crippen molar-refractivity contribution >= 4 is 40.7 Å². The molecule has 4 nitrogen and oxygen atoms in total. The summed E-state index contributed by atoms with van der Waals surface area (Å²) in [7, 11) is 1.57. The van der Waals surface area contributed by atoms with E-state index in [1.165, 1.54) is 0 Å². The van der Waals surface area contributed by atoms with Crippen molar-refractivity contribution in [3.05, 3.63) is 34.3 Å². The predicted octanol–water partition coefficient (Wildman–Crippen LogP) is 3.92. The zero-order valence-electron chi connectivity index (χ0n) is 13.5. The molecule has 1 atom stereocenters. The number of rotatable bonds is 5. The molecule has 23 heavy (non-hydrogen) atoms. The quantitative estimate of drug-likeness (QED) is 0.699. The van der Waals surface area contributed by atoms with Crippen molar-refractivity contribution in [2.75, 3.05) is 33.3 Å². The number of benzene rings is 1. The van der Waals surface area contributed by atoms with Gasteiger partial charge >= 0.3 is 0 Å². The van der Waals surface area contributed by atoms with E-state index >= 15 is 0 Å². The molecule has 0 radical (unpaired) electrons. The van der Waals surface area contributed by atoms with Crippen LogP contribution in [0.3, 0.4) is 0 Å². The van der Waals surface area contributed by atoms with Gasteiger partial charge in [-0.25, -0.2) is 0 Å². The van der Waals surface area contributed by atoms with Crippen LogP contribution in [-0.2, 0) is 0 Å². The van der Waals surface area contributed by atoms with Crippen molar-refractivity contribution in [1.82, 2.24) is 10.2 Å². The topological polar surface area (TPSA) is 44.7 Å². The van der Waals surface area contributed by atoms with E-state index in [1.807, 2.05) is 13.0 Å². The second-order valence-corrected chi connectivity index (χ2v) is 6.42. The molecule has 2 rings (SSSR count). The minimum atomic E-state index is 0. The summed E-state index contributed by atoms with van der Waals surface area (Å²) in [5, 5.41) is 13.9. The van der Waals surface area contributed by atoms with Crippen LogP contribution in [0, 0.1) is 0 Å². The van der Waals surface area contributed by atoms with Crippen LogP contribution in [0.2, 0.25) is 0 Å². The van der Waals surface area contributed by atoms with E-state index < -0.39 is 0 Å². The third-order valence-corrected chi connectivity index (χ3v) is 4.24. The number of piperazine rings is 1. The Kier molecular flexibility index (Phi) is 10.2. The largest absolute Gasteiger partial charge is 0.504 e. The molecule has 1 saturated heterocycles. The van der Waals surface area contributed by atoms with Crippen LogP contribution in [0.1, 0.15) is 24.9 Å². The summed E-state index contributed by atoms with van der Waals surface area (Å²) in [4.78, 5) is 2.39. The standard InChI is InChI=1S/C16H23BrN2O2.2ClH/c1-11(2)8-14(19-6-4-18-5-7-19)13-9-12(17)10-15(21-3)16(13)20;;/h9-10,14,18,20H,1,4-8H2,2-3H3;2*1H/t14-;;/m0../s1. The molecule has 1 aliphatic rings. The number of nitrogens with zero attached hydrogens (tertiary/aromatic N) is 1. The predicted molar refractivity (Wildman–Crippen MR) is 103 cm³/mol. The van der Waals surface area contributed by atoms with Crippen LogP contribution in [0.4, 0.5) is 0 Å². The minimum absolute atomic E-state index is 0. The lowest BCUT2D eigenvalue weighted by molar-refractivity contribution is 0.169. The molecule has 0 unspecified atom stereocenters. The first kappa shape index (κ1) is 22.5. The SMILES string of the molecule is C=C(C)C[C@@H](c1cc(Br)cc(OC)c1O)N1CCNCC1.Cl.Cl. The summed E-state index contributed by atoms with van der Waals surface area (Å²) < 4.78 is 6.19. The number of aromatic hydroxyl groups is 1. The zero-order valence-corrected chi connectivity index (χ0v) is 16.7. The molecule has 7 heteroatoms. The Hall–Kier alpha value is -0.460. The molecule has 0 spiro atoms. The lowest BCUT2D eigenvalue weighted by Crippen LogP contribution is -2.45. The average molecular weight is 428 g/mol. The van der Waals surface area contributed by atoms with Gasteiger partial charge in [-0.2, -0.15) is 0 Å². The highest BCUT2D eigenvalue weighted by Gasteiger charge is 2.26. The lowest BCUT2D eigenvalue weighted by atomic mass is 9.96. The van der Waals surface area contributed by atoms with Crippen LogP contribution in [0.5, 0.6) is 11.5 Å². The summed E-state index contributed by atoms with van der Waals surface area (Å²) in [5.74, 6) is 0.728. The summed E-state index contributed by atoms with van der Waals surface area (Å²) in [6, 6.07) is 3.89. The van der Waals surface area contributed by atoms with E-state index in [0.29, 0.717) is 5.75 Å². The molecule has 0 saturated carbocycles. The number of phenolic OH excluding ortho intramolecular Hbond substituents is 1. The molecule has 1 fully saturated rings. The van der Waals surface area contributed by atoms with Crippen molar-refractivity contribution in [2.45, 2.75) is 19.4 Å². The van der Waals surface area contributed by atoms with Gasteiger partial charge in [-0.1, -0.05) is 21.5 Å². The van der Waals surface area contributed by atoms with Gasteiger partial charge in [0.25, 0.3) is 0 Å². The van der Waals surface area contributed by atoms with Gasteiger partial charge in [0, 0.05) is 42.3 Å². The van der Waals surface area contributed by atoms with Crippen LogP contribution < -0.4 is 10.1 Å². The first-order valence-corrected chi connectivity index (χ1v) is 7.97.